The van der Waals surface area contributed by atoms with Crippen molar-refractivity contribution in [3.05, 3.63) is 28.8 Å². The van der Waals surface area contributed by atoms with Crippen LogP contribution in [0.3, 0.4) is 0 Å². The highest BCUT2D eigenvalue weighted by molar-refractivity contribution is 6.32. The number of nitrogens with zero attached hydrogens (tertiary/aromatic N) is 2. The van der Waals surface area contributed by atoms with Crippen LogP contribution in [0.25, 0.3) is 0 Å². The Balaban J connectivity index is 1.95. The zero-order valence-electron chi connectivity index (χ0n) is 11.4. The maximum absolute atomic E-state index is 12.1. The number of ether oxygens (including phenoxy) is 1. The summed E-state index contributed by atoms with van der Waals surface area (Å²) in [5.41, 5.74) is 0.471. The first kappa shape index (κ1) is 14.7. The van der Waals surface area contributed by atoms with Crippen LogP contribution in [-0.2, 0) is 4.79 Å². The van der Waals surface area contributed by atoms with E-state index in [2.05, 4.69) is 6.92 Å². The van der Waals surface area contributed by atoms with E-state index in [1.54, 1.807) is 12.1 Å². The summed E-state index contributed by atoms with van der Waals surface area (Å²) in [6.45, 7) is 2.84. The van der Waals surface area contributed by atoms with Crippen molar-refractivity contribution in [3.63, 3.8) is 0 Å². The third kappa shape index (κ3) is 3.43. The van der Waals surface area contributed by atoms with Crippen molar-refractivity contribution in [3.8, 4) is 11.8 Å². The van der Waals surface area contributed by atoms with E-state index in [9.17, 15) is 4.79 Å². The lowest BCUT2D eigenvalue weighted by Crippen LogP contribution is -2.44. The molecule has 0 aliphatic carbocycles. The van der Waals surface area contributed by atoms with Gasteiger partial charge in [-0.15, -0.1) is 0 Å². The van der Waals surface area contributed by atoms with Crippen LogP contribution < -0.4 is 4.74 Å². The van der Waals surface area contributed by atoms with E-state index < -0.39 is 0 Å². The largest absolute Gasteiger partial charge is 0.482 e. The molecule has 0 aromatic heterocycles. The van der Waals surface area contributed by atoms with Crippen LogP contribution in [0.1, 0.15) is 31.7 Å². The number of nitriles is 1. The van der Waals surface area contributed by atoms with Crippen molar-refractivity contribution in [1.29, 1.82) is 5.26 Å². The highest BCUT2D eigenvalue weighted by atomic mass is 35.5. The van der Waals surface area contributed by atoms with Gasteiger partial charge >= 0.3 is 0 Å². The monoisotopic (exact) mass is 292 g/mol. The average Bonchev–Trinajstić information content (AvgIpc) is 2.46. The smallest absolute Gasteiger partial charge is 0.260 e. The molecule has 0 bridgehead atoms. The number of amides is 1. The third-order valence-electron chi connectivity index (χ3n) is 3.54. The molecule has 1 aromatic carbocycles. The topological polar surface area (TPSA) is 53.3 Å². The van der Waals surface area contributed by atoms with E-state index in [-0.39, 0.29) is 18.6 Å². The Morgan fingerprint density at radius 1 is 1.55 bits per heavy atom. The molecule has 1 amide bonds. The summed E-state index contributed by atoms with van der Waals surface area (Å²) < 4.78 is 5.47. The van der Waals surface area contributed by atoms with E-state index in [0.29, 0.717) is 16.3 Å². The quantitative estimate of drug-likeness (QED) is 0.860. The van der Waals surface area contributed by atoms with Crippen molar-refractivity contribution < 1.29 is 9.53 Å². The zero-order valence-corrected chi connectivity index (χ0v) is 12.2. The summed E-state index contributed by atoms with van der Waals surface area (Å²) in [5.74, 6) is 0.418. The van der Waals surface area contributed by atoms with E-state index in [1.165, 1.54) is 12.5 Å². The Bertz CT molecular complexity index is 539. The van der Waals surface area contributed by atoms with Gasteiger partial charge in [0.05, 0.1) is 16.7 Å². The minimum absolute atomic E-state index is 0.0161. The number of hydrogen-bond donors (Lipinski definition) is 0. The maximum atomic E-state index is 12.1. The first-order chi connectivity index (χ1) is 9.61. The van der Waals surface area contributed by atoms with Gasteiger partial charge < -0.3 is 9.64 Å². The number of carbonyl (C=O) groups excluding carboxylic acids is 1. The molecule has 1 saturated heterocycles. The Morgan fingerprint density at radius 3 is 3.00 bits per heavy atom. The maximum Gasteiger partial charge on any atom is 0.260 e. The molecule has 1 atom stereocenters. The molecule has 20 heavy (non-hydrogen) atoms. The first-order valence-corrected chi connectivity index (χ1v) is 7.11. The van der Waals surface area contributed by atoms with Crippen molar-refractivity contribution >= 4 is 17.5 Å². The molecule has 0 saturated carbocycles. The van der Waals surface area contributed by atoms with E-state index in [4.69, 9.17) is 21.6 Å². The van der Waals surface area contributed by atoms with Gasteiger partial charge in [-0.3, -0.25) is 4.79 Å². The van der Waals surface area contributed by atoms with E-state index in [0.717, 1.165) is 19.4 Å². The molecular weight excluding hydrogens is 276 g/mol. The lowest BCUT2D eigenvalue weighted by atomic mass is 10.0. The molecule has 0 spiro atoms. The van der Waals surface area contributed by atoms with Crippen LogP contribution in [-0.4, -0.2) is 30.0 Å². The van der Waals surface area contributed by atoms with Crippen LogP contribution in [0.15, 0.2) is 18.2 Å². The standard InChI is InChI=1S/C15H17ClN2O2/c1-11-4-2-3-7-18(11)15(19)10-20-14-6-5-12(9-17)8-13(14)16/h5-6,8,11H,2-4,7,10H2,1H3/t11-/m0/s1. The SMILES string of the molecule is C[C@H]1CCCCN1C(=O)COc1ccc(C#N)cc1Cl. The molecule has 1 aliphatic rings. The minimum Gasteiger partial charge on any atom is -0.482 e. The number of likely N-dealkylation sites (tertiary alicyclic amines) is 1. The summed E-state index contributed by atoms with van der Waals surface area (Å²) in [4.78, 5) is 14.0. The first-order valence-electron chi connectivity index (χ1n) is 6.73. The van der Waals surface area contributed by atoms with Gasteiger partial charge in [0, 0.05) is 12.6 Å². The van der Waals surface area contributed by atoms with E-state index in [1.807, 2.05) is 11.0 Å². The van der Waals surface area contributed by atoms with Crippen LogP contribution in [0.4, 0.5) is 0 Å². The molecule has 5 heteroatoms. The predicted molar refractivity (Wildman–Crippen MR) is 76.7 cm³/mol. The lowest BCUT2D eigenvalue weighted by molar-refractivity contribution is -0.136. The Hall–Kier alpha value is -1.73. The van der Waals surface area contributed by atoms with Crippen molar-refractivity contribution in [2.24, 2.45) is 0 Å². The molecular formula is C15H17ClN2O2. The van der Waals surface area contributed by atoms with Crippen molar-refractivity contribution in [2.45, 2.75) is 32.2 Å². The number of benzene rings is 1. The second-order valence-corrected chi connectivity index (χ2v) is 5.38. The minimum atomic E-state index is -0.0179. The fraction of sp³-hybridized carbons (Fsp3) is 0.467. The number of piperidine rings is 1. The summed E-state index contributed by atoms with van der Waals surface area (Å²) in [5, 5.41) is 9.11. The third-order valence-corrected chi connectivity index (χ3v) is 3.83. The molecule has 0 N–H and O–H groups in total. The Morgan fingerprint density at radius 2 is 2.35 bits per heavy atom. The predicted octanol–water partition coefficient (Wildman–Crippen LogP) is 2.99. The van der Waals surface area contributed by atoms with E-state index >= 15 is 0 Å². The average molecular weight is 293 g/mol. The molecule has 1 fully saturated rings. The van der Waals surface area contributed by atoms with Crippen molar-refractivity contribution in [2.75, 3.05) is 13.2 Å². The number of rotatable bonds is 3. The van der Waals surface area contributed by atoms with Crippen LogP contribution in [0.5, 0.6) is 5.75 Å². The molecule has 1 aromatic rings. The van der Waals surface area contributed by atoms with Gasteiger partial charge in [0.2, 0.25) is 0 Å². The van der Waals surface area contributed by atoms with Crippen LogP contribution in [0.2, 0.25) is 5.02 Å². The highest BCUT2D eigenvalue weighted by Gasteiger charge is 2.23. The molecule has 0 radical (unpaired) electrons. The van der Waals surface area contributed by atoms with Gasteiger partial charge in [0.1, 0.15) is 5.75 Å². The zero-order chi connectivity index (χ0) is 14.5. The lowest BCUT2D eigenvalue weighted by Gasteiger charge is -2.33. The number of halogens is 1. The fourth-order valence-corrected chi connectivity index (χ4v) is 2.61. The van der Waals surface area contributed by atoms with Gasteiger partial charge in [-0.05, 0) is 44.4 Å². The normalized spacial score (nSPS) is 18.4. The Kier molecular flexibility index (Phi) is 4.86. The number of carbonyl (C=O) groups is 1. The van der Waals surface area contributed by atoms with Gasteiger partial charge in [0.25, 0.3) is 5.91 Å². The molecule has 1 heterocycles. The second kappa shape index (κ2) is 6.62. The van der Waals surface area contributed by atoms with Gasteiger partial charge in [-0.2, -0.15) is 5.26 Å². The van der Waals surface area contributed by atoms with Crippen molar-refractivity contribution in [1.82, 2.24) is 4.90 Å². The highest BCUT2D eigenvalue weighted by Crippen LogP contribution is 2.25. The van der Waals surface area contributed by atoms with Gasteiger partial charge in [0.15, 0.2) is 6.61 Å². The molecule has 4 nitrogen and oxygen atoms in total. The Labute approximate surface area is 123 Å². The molecule has 1 aliphatic heterocycles. The van der Waals surface area contributed by atoms with Crippen LogP contribution >= 0.6 is 11.6 Å². The summed E-state index contributed by atoms with van der Waals surface area (Å²) in [6, 6.07) is 7.05. The molecule has 106 valence electrons. The second-order valence-electron chi connectivity index (χ2n) is 4.98. The number of hydrogen-bond acceptors (Lipinski definition) is 3. The summed E-state index contributed by atoms with van der Waals surface area (Å²) in [7, 11) is 0. The van der Waals surface area contributed by atoms with Crippen LogP contribution in [0, 0.1) is 11.3 Å². The van der Waals surface area contributed by atoms with Gasteiger partial charge in [-0.25, -0.2) is 0 Å². The molecule has 0 unspecified atom stereocenters. The fourth-order valence-electron chi connectivity index (χ4n) is 2.38. The summed E-state index contributed by atoms with van der Waals surface area (Å²) >= 11 is 6.01. The van der Waals surface area contributed by atoms with Gasteiger partial charge in [-0.1, -0.05) is 11.6 Å². The summed E-state index contributed by atoms with van der Waals surface area (Å²) in [6.07, 6.45) is 3.27. The molecule has 2 rings (SSSR count).